The molecule has 1 fully saturated rings. The number of halogens is 1. The van der Waals surface area contributed by atoms with E-state index in [2.05, 4.69) is 21.2 Å². The first-order chi connectivity index (χ1) is 7.62. The number of hydrogen-bond acceptors (Lipinski definition) is 3. The zero-order chi connectivity index (χ0) is 11.3. The first-order valence-electron chi connectivity index (χ1n) is 4.95. The molecule has 4 nitrogen and oxygen atoms in total. The number of carbonyl (C=O) groups excluding carboxylic acids is 2. The largest absolute Gasteiger partial charge is 0.444 e. The third-order valence-electron chi connectivity index (χ3n) is 3.00. The minimum absolute atomic E-state index is 0.244. The Labute approximate surface area is 100 Å². The van der Waals surface area contributed by atoms with E-state index in [1.54, 1.807) is 6.07 Å². The molecule has 1 saturated heterocycles. The molecule has 2 aliphatic heterocycles. The smallest absolute Gasteiger partial charge is 0.307 e. The van der Waals surface area contributed by atoms with E-state index in [4.69, 9.17) is 4.74 Å². The molecule has 0 aromatic heterocycles. The Balaban J connectivity index is 2.18. The molecule has 1 N–H and O–H groups in total. The van der Waals surface area contributed by atoms with Crippen molar-refractivity contribution in [3.05, 3.63) is 28.2 Å². The number of fused-ring (bicyclic) bond motifs is 2. The van der Waals surface area contributed by atoms with E-state index in [0.29, 0.717) is 12.8 Å². The van der Waals surface area contributed by atoms with Crippen LogP contribution in [0.25, 0.3) is 0 Å². The van der Waals surface area contributed by atoms with Gasteiger partial charge in [-0.25, -0.2) is 0 Å². The number of ether oxygens (including phenoxy) is 1. The Morgan fingerprint density at radius 2 is 2.19 bits per heavy atom. The Kier molecular flexibility index (Phi) is 1.89. The maximum Gasteiger partial charge on any atom is 0.307 e. The molecule has 1 aromatic carbocycles. The number of anilines is 1. The van der Waals surface area contributed by atoms with Gasteiger partial charge in [-0.3, -0.25) is 9.59 Å². The van der Waals surface area contributed by atoms with E-state index >= 15 is 0 Å². The van der Waals surface area contributed by atoms with E-state index in [-0.39, 0.29) is 11.9 Å². The molecule has 1 atom stereocenters. The van der Waals surface area contributed by atoms with E-state index in [1.807, 2.05) is 12.1 Å². The van der Waals surface area contributed by atoms with E-state index in [0.717, 1.165) is 15.7 Å². The van der Waals surface area contributed by atoms with Crippen LogP contribution in [-0.2, 0) is 19.9 Å². The number of hydrogen-bond donors (Lipinski definition) is 1. The Morgan fingerprint density at radius 3 is 2.88 bits per heavy atom. The van der Waals surface area contributed by atoms with Crippen molar-refractivity contribution < 1.29 is 14.3 Å². The highest BCUT2D eigenvalue weighted by molar-refractivity contribution is 9.10. The van der Waals surface area contributed by atoms with Crippen LogP contribution in [0.2, 0.25) is 0 Å². The zero-order valence-electron chi connectivity index (χ0n) is 8.25. The van der Waals surface area contributed by atoms with Gasteiger partial charge in [-0.1, -0.05) is 15.9 Å². The summed E-state index contributed by atoms with van der Waals surface area (Å²) in [6.07, 6.45) is 0.709. The van der Waals surface area contributed by atoms with E-state index in [9.17, 15) is 9.59 Å². The summed E-state index contributed by atoms with van der Waals surface area (Å²) in [5.74, 6) is -0.561. The lowest BCUT2D eigenvalue weighted by atomic mass is 9.92. The van der Waals surface area contributed by atoms with Gasteiger partial charge in [0, 0.05) is 22.1 Å². The molecule has 5 heteroatoms. The van der Waals surface area contributed by atoms with Crippen LogP contribution >= 0.6 is 15.9 Å². The summed E-state index contributed by atoms with van der Waals surface area (Å²) in [5, 5.41) is 2.74. The van der Waals surface area contributed by atoms with Crippen molar-refractivity contribution in [3.63, 3.8) is 0 Å². The van der Waals surface area contributed by atoms with Gasteiger partial charge in [-0.2, -0.15) is 0 Å². The van der Waals surface area contributed by atoms with Crippen LogP contribution in [0.4, 0.5) is 5.69 Å². The molecule has 1 amide bonds. The lowest BCUT2D eigenvalue weighted by Crippen LogP contribution is -2.33. The molecule has 0 bridgehead atoms. The number of amides is 1. The average Bonchev–Trinajstić information content (AvgIpc) is 2.74. The fourth-order valence-corrected chi connectivity index (χ4v) is 2.59. The predicted molar refractivity (Wildman–Crippen MR) is 59.8 cm³/mol. The Hall–Kier alpha value is -1.36. The third-order valence-corrected chi connectivity index (χ3v) is 3.49. The number of esters is 1. The second-order valence-corrected chi connectivity index (χ2v) is 4.86. The molecule has 3 rings (SSSR count). The van der Waals surface area contributed by atoms with Crippen molar-refractivity contribution in [1.29, 1.82) is 0 Å². The zero-order valence-corrected chi connectivity index (χ0v) is 9.83. The van der Waals surface area contributed by atoms with Crippen molar-refractivity contribution in [2.24, 2.45) is 0 Å². The second kappa shape index (κ2) is 3.07. The molecule has 82 valence electrons. The highest BCUT2D eigenvalue weighted by Gasteiger charge is 2.53. The molecule has 16 heavy (non-hydrogen) atoms. The summed E-state index contributed by atoms with van der Waals surface area (Å²) in [7, 11) is 0. The van der Waals surface area contributed by atoms with E-state index in [1.165, 1.54) is 0 Å². The number of carbonyl (C=O) groups is 2. The van der Waals surface area contributed by atoms with Crippen LogP contribution in [-0.4, -0.2) is 11.9 Å². The van der Waals surface area contributed by atoms with Crippen LogP contribution in [0.5, 0.6) is 0 Å². The van der Waals surface area contributed by atoms with Gasteiger partial charge in [-0.15, -0.1) is 0 Å². The SMILES string of the molecule is O=C1CCC2(O1)C(=O)Nc1ccc(Br)cc12. The van der Waals surface area contributed by atoms with Gasteiger partial charge in [0.05, 0.1) is 6.42 Å². The number of nitrogens with one attached hydrogen (secondary N) is 1. The Bertz CT molecular complexity index is 514. The lowest BCUT2D eigenvalue weighted by Gasteiger charge is -2.19. The van der Waals surface area contributed by atoms with Gasteiger partial charge in [0.15, 0.2) is 0 Å². The lowest BCUT2D eigenvalue weighted by molar-refractivity contribution is -0.156. The van der Waals surface area contributed by atoms with Crippen molar-refractivity contribution >= 4 is 33.5 Å². The van der Waals surface area contributed by atoms with Gasteiger partial charge in [0.2, 0.25) is 5.60 Å². The first-order valence-corrected chi connectivity index (χ1v) is 5.74. The molecule has 2 heterocycles. The molecule has 2 aliphatic rings. The summed E-state index contributed by atoms with van der Waals surface area (Å²) in [6.45, 7) is 0. The molecule has 0 saturated carbocycles. The van der Waals surface area contributed by atoms with Crippen LogP contribution in [0, 0.1) is 0 Å². The second-order valence-electron chi connectivity index (χ2n) is 3.95. The fraction of sp³-hybridized carbons (Fsp3) is 0.273. The fourth-order valence-electron chi connectivity index (χ4n) is 2.23. The molecule has 0 aliphatic carbocycles. The van der Waals surface area contributed by atoms with Crippen LogP contribution in [0.1, 0.15) is 18.4 Å². The van der Waals surface area contributed by atoms with Gasteiger partial charge < -0.3 is 10.1 Å². The van der Waals surface area contributed by atoms with Crippen molar-refractivity contribution in [3.8, 4) is 0 Å². The maximum absolute atomic E-state index is 11.9. The van der Waals surface area contributed by atoms with Crippen molar-refractivity contribution in [2.45, 2.75) is 18.4 Å². The minimum Gasteiger partial charge on any atom is -0.444 e. The summed E-state index contributed by atoms with van der Waals surface area (Å²) in [5.41, 5.74) is 0.386. The van der Waals surface area contributed by atoms with Gasteiger partial charge in [0.1, 0.15) is 0 Å². The number of benzene rings is 1. The third kappa shape index (κ3) is 1.15. The first kappa shape index (κ1) is 9.84. The monoisotopic (exact) mass is 281 g/mol. The van der Waals surface area contributed by atoms with Gasteiger partial charge in [-0.05, 0) is 18.2 Å². The van der Waals surface area contributed by atoms with Gasteiger partial charge >= 0.3 is 5.97 Å². The molecule has 1 aromatic rings. The van der Waals surface area contributed by atoms with Crippen molar-refractivity contribution in [2.75, 3.05) is 5.32 Å². The highest BCUT2D eigenvalue weighted by Crippen LogP contribution is 2.46. The summed E-state index contributed by atoms with van der Waals surface area (Å²) >= 11 is 3.35. The molecular weight excluding hydrogens is 274 g/mol. The standard InChI is InChI=1S/C11H8BrNO3/c12-6-1-2-8-7(5-6)11(10(15)13-8)4-3-9(14)16-11/h1-2,5H,3-4H2,(H,13,15). The summed E-state index contributed by atoms with van der Waals surface area (Å²) in [6, 6.07) is 5.47. The quantitative estimate of drug-likeness (QED) is 0.740. The average molecular weight is 282 g/mol. The van der Waals surface area contributed by atoms with E-state index < -0.39 is 5.60 Å². The predicted octanol–water partition coefficient (Wildman–Crippen LogP) is 1.93. The molecule has 0 radical (unpaired) electrons. The highest BCUT2D eigenvalue weighted by atomic mass is 79.9. The van der Waals surface area contributed by atoms with Crippen LogP contribution in [0.3, 0.4) is 0 Å². The molecular formula is C11H8BrNO3. The molecule has 1 spiro atoms. The summed E-state index contributed by atoms with van der Waals surface area (Å²) < 4.78 is 6.10. The van der Waals surface area contributed by atoms with Gasteiger partial charge in [0.25, 0.3) is 5.91 Å². The molecule has 1 unspecified atom stereocenters. The Morgan fingerprint density at radius 1 is 1.38 bits per heavy atom. The normalized spacial score (nSPS) is 26.8. The summed E-state index contributed by atoms with van der Waals surface area (Å²) in [4.78, 5) is 23.1. The number of rotatable bonds is 0. The van der Waals surface area contributed by atoms with Crippen molar-refractivity contribution in [1.82, 2.24) is 0 Å². The van der Waals surface area contributed by atoms with Crippen LogP contribution < -0.4 is 5.32 Å². The maximum atomic E-state index is 11.9. The van der Waals surface area contributed by atoms with Crippen LogP contribution in [0.15, 0.2) is 22.7 Å². The topological polar surface area (TPSA) is 55.4 Å². The minimum atomic E-state index is -1.09.